The van der Waals surface area contributed by atoms with Crippen molar-refractivity contribution in [2.45, 2.75) is 13.0 Å². The molecule has 92 valence electrons. The van der Waals surface area contributed by atoms with Gasteiger partial charge in [0.25, 0.3) is 0 Å². The number of hydrogen-bond donors (Lipinski definition) is 1. The van der Waals surface area contributed by atoms with Crippen molar-refractivity contribution < 1.29 is 4.74 Å². The maximum atomic E-state index is 6.16. The van der Waals surface area contributed by atoms with Gasteiger partial charge in [-0.3, -0.25) is 0 Å². The van der Waals surface area contributed by atoms with Crippen molar-refractivity contribution in [3.8, 4) is 0 Å². The van der Waals surface area contributed by atoms with Crippen LogP contribution in [0.15, 0.2) is 6.07 Å². The van der Waals surface area contributed by atoms with Crippen molar-refractivity contribution in [2.24, 2.45) is 0 Å². The maximum absolute atomic E-state index is 6.16. The highest BCUT2D eigenvalue weighted by molar-refractivity contribution is 7.00. The van der Waals surface area contributed by atoms with Gasteiger partial charge in [-0.25, -0.2) is 0 Å². The van der Waals surface area contributed by atoms with Crippen LogP contribution in [-0.4, -0.2) is 28.5 Å². The predicted octanol–water partition coefficient (Wildman–Crippen LogP) is 3.44. The number of methoxy groups -OCH3 is 1. The standard InChI is InChI=1S/C10H11Cl2N3OS/c1-5(4-16-2)13-8-6(11)3-7(12)9-10(8)15-17-14-9/h3,5,13H,4H2,1-2H3. The third-order valence-corrected chi connectivity index (χ3v) is 3.37. The first-order chi connectivity index (χ1) is 8.13. The van der Waals surface area contributed by atoms with Crippen LogP contribution in [0.3, 0.4) is 0 Å². The van der Waals surface area contributed by atoms with Crippen LogP contribution < -0.4 is 5.32 Å². The highest BCUT2D eigenvalue weighted by atomic mass is 35.5. The van der Waals surface area contributed by atoms with Crippen molar-refractivity contribution in [3.05, 3.63) is 16.1 Å². The fourth-order valence-electron chi connectivity index (χ4n) is 1.55. The molecule has 0 saturated heterocycles. The monoisotopic (exact) mass is 291 g/mol. The molecule has 4 nitrogen and oxygen atoms in total. The van der Waals surface area contributed by atoms with Gasteiger partial charge >= 0.3 is 0 Å². The van der Waals surface area contributed by atoms with Crippen LogP contribution in [0.5, 0.6) is 0 Å². The summed E-state index contributed by atoms with van der Waals surface area (Å²) < 4.78 is 13.4. The molecule has 1 N–H and O–H groups in total. The molecule has 0 amide bonds. The molecule has 0 aliphatic rings. The van der Waals surface area contributed by atoms with E-state index < -0.39 is 0 Å². The van der Waals surface area contributed by atoms with Crippen LogP contribution in [0, 0.1) is 0 Å². The van der Waals surface area contributed by atoms with Gasteiger partial charge in [0.2, 0.25) is 0 Å². The topological polar surface area (TPSA) is 47.0 Å². The van der Waals surface area contributed by atoms with E-state index in [1.165, 1.54) is 0 Å². The Labute approximate surface area is 113 Å². The fourth-order valence-corrected chi connectivity index (χ4v) is 2.72. The predicted molar refractivity (Wildman–Crippen MR) is 72.4 cm³/mol. The van der Waals surface area contributed by atoms with Crippen LogP contribution in [0.2, 0.25) is 10.0 Å². The number of hydrogen-bond acceptors (Lipinski definition) is 5. The Morgan fingerprint density at radius 1 is 1.35 bits per heavy atom. The van der Waals surface area contributed by atoms with E-state index in [2.05, 4.69) is 14.1 Å². The lowest BCUT2D eigenvalue weighted by molar-refractivity contribution is 0.190. The number of fused-ring (bicyclic) bond motifs is 1. The molecule has 0 fully saturated rings. The van der Waals surface area contributed by atoms with Gasteiger partial charge in [-0.2, -0.15) is 8.75 Å². The quantitative estimate of drug-likeness (QED) is 0.937. The molecule has 0 bridgehead atoms. The Balaban J connectivity index is 2.42. The van der Waals surface area contributed by atoms with Crippen molar-refractivity contribution in [1.82, 2.24) is 8.75 Å². The van der Waals surface area contributed by atoms with Gasteiger partial charge < -0.3 is 10.1 Å². The molecular formula is C10H11Cl2N3OS. The number of benzene rings is 1. The average Bonchev–Trinajstić information content (AvgIpc) is 2.73. The normalized spacial score (nSPS) is 12.9. The summed E-state index contributed by atoms with van der Waals surface area (Å²) in [6, 6.07) is 1.80. The van der Waals surface area contributed by atoms with Crippen LogP contribution in [0.25, 0.3) is 11.0 Å². The summed E-state index contributed by atoms with van der Waals surface area (Å²) in [5.74, 6) is 0. The van der Waals surface area contributed by atoms with Crippen molar-refractivity contribution in [2.75, 3.05) is 19.0 Å². The van der Waals surface area contributed by atoms with Gasteiger partial charge in [-0.15, -0.1) is 0 Å². The molecule has 1 unspecified atom stereocenters. The molecule has 2 aromatic rings. The number of nitrogens with one attached hydrogen (secondary N) is 1. The summed E-state index contributed by atoms with van der Waals surface area (Å²) in [5.41, 5.74) is 2.13. The number of rotatable bonds is 4. The zero-order valence-electron chi connectivity index (χ0n) is 9.33. The molecule has 0 aliphatic heterocycles. The molecule has 17 heavy (non-hydrogen) atoms. The van der Waals surface area contributed by atoms with Crippen molar-refractivity contribution >= 4 is 51.7 Å². The van der Waals surface area contributed by atoms with E-state index in [0.29, 0.717) is 27.7 Å². The summed E-state index contributed by atoms with van der Waals surface area (Å²) in [6.07, 6.45) is 0. The first kappa shape index (κ1) is 12.8. The zero-order chi connectivity index (χ0) is 12.4. The minimum Gasteiger partial charge on any atom is -0.383 e. The van der Waals surface area contributed by atoms with E-state index in [1.54, 1.807) is 13.2 Å². The lowest BCUT2D eigenvalue weighted by Gasteiger charge is -2.15. The number of aromatic nitrogens is 2. The Hall–Kier alpha value is -0.620. The molecule has 1 aromatic carbocycles. The molecule has 0 spiro atoms. The third kappa shape index (κ3) is 2.63. The van der Waals surface area contributed by atoms with Crippen LogP contribution in [-0.2, 0) is 4.74 Å². The van der Waals surface area contributed by atoms with Gasteiger partial charge in [0.15, 0.2) is 0 Å². The minimum absolute atomic E-state index is 0.128. The van der Waals surface area contributed by atoms with E-state index in [9.17, 15) is 0 Å². The largest absolute Gasteiger partial charge is 0.383 e. The average molecular weight is 292 g/mol. The number of anilines is 1. The molecule has 0 saturated carbocycles. The SMILES string of the molecule is COCC(C)Nc1c(Cl)cc(Cl)c2nsnc12. The van der Waals surface area contributed by atoms with Gasteiger partial charge in [-0.1, -0.05) is 23.2 Å². The summed E-state index contributed by atoms with van der Waals surface area (Å²) >= 11 is 13.3. The Bertz CT molecular complexity index is 531. The molecule has 1 atom stereocenters. The van der Waals surface area contributed by atoms with Crippen LogP contribution in [0.1, 0.15) is 6.92 Å². The number of halogens is 2. The third-order valence-electron chi connectivity index (χ3n) is 2.25. The molecule has 0 radical (unpaired) electrons. The lowest BCUT2D eigenvalue weighted by Crippen LogP contribution is -2.21. The van der Waals surface area contributed by atoms with E-state index in [1.807, 2.05) is 6.92 Å². The van der Waals surface area contributed by atoms with E-state index in [4.69, 9.17) is 27.9 Å². The Morgan fingerprint density at radius 3 is 2.76 bits per heavy atom. The minimum atomic E-state index is 0.128. The van der Waals surface area contributed by atoms with Crippen molar-refractivity contribution in [1.29, 1.82) is 0 Å². The fraction of sp³-hybridized carbons (Fsp3) is 0.400. The van der Waals surface area contributed by atoms with E-state index >= 15 is 0 Å². The molecule has 1 aromatic heterocycles. The first-order valence-corrected chi connectivity index (χ1v) is 6.48. The molecule has 1 heterocycles. The second-order valence-electron chi connectivity index (χ2n) is 3.68. The van der Waals surface area contributed by atoms with Crippen LogP contribution >= 0.6 is 34.9 Å². The molecule has 7 heteroatoms. The summed E-state index contributed by atoms with van der Waals surface area (Å²) in [7, 11) is 1.65. The summed E-state index contributed by atoms with van der Waals surface area (Å²) in [5, 5.41) is 4.31. The molecular weight excluding hydrogens is 281 g/mol. The molecule has 0 aliphatic carbocycles. The summed E-state index contributed by atoms with van der Waals surface area (Å²) in [4.78, 5) is 0. The van der Waals surface area contributed by atoms with E-state index in [-0.39, 0.29) is 6.04 Å². The Kier molecular flexibility index (Phi) is 4.04. The second kappa shape index (κ2) is 5.35. The van der Waals surface area contributed by atoms with Crippen LogP contribution in [0.4, 0.5) is 5.69 Å². The van der Waals surface area contributed by atoms with Crippen molar-refractivity contribution in [3.63, 3.8) is 0 Å². The lowest BCUT2D eigenvalue weighted by atomic mass is 10.2. The zero-order valence-corrected chi connectivity index (χ0v) is 11.7. The highest BCUT2D eigenvalue weighted by Gasteiger charge is 2.15. The highest BCUT2D eigenvalue weighted by Crippen LogP contribution is 2.35. The number of ether oxygens (including phenoxy) is 1. The van der Waals surface area contributed by atoms with Gasteiger partial charge in [0.1, 0.15) is 11.0 Å². The van der Waals surface area contributed by atoms with Gasteiger partial charge in [-0.05, 0) is 13.0 Å². The summed E-state index contributed by atoms with van der Waals surface area (Å²) in [6.45, 7) is 2.58. The van der Waals surface area contributed by atoms with E-state index in [0.717, 1.165) is 17.4 Å². The first-order valence-electron chi connectivity index (χ1n) is 4.99. The number of nitrogens with zero attached hydrogens (tertiary/aromatic N) is 2. The van der Waals surface area contributed by atoms with Gasteiger partial charge in [0, 0.05) is 13.2 Å². The smallest absolute Gasteiger partial charge is 0.130 e. The second-order valence-corrected chi connectivity index (χ2v) is 5.02. The van der Waals surface area contributed by atoms with Gasteiger partial charge in [0.05, 0.1) is 34.1 Å². The Morgan fingerprint density at radius 2 is 2.06 bits per heavy atom. The molecule has 2 rings (SSSR count). The maximum Gasteiger partial charge on any atom is 0.130 e.